The van der Waals surface area contributed by atoms with Crippen LogP contribution in [0, 0.1) is 0 Å². The number of amides is 1. The quantitative estimate of drug-likeness (QED) is 0.858. The lowest BCUT2D eigenvalue weighted by molar-refractivity contribution is -0.141. The molecule has 2 rings (SSSR count). The second kappa shape index (κ2) is 5.42. The van der Waals surface area contributed by atoms with Gasteiger partial charge in [0.1, 0.15) is 11.8 Å². The Morgan fingerprint density at radius 1 is 1.47 bits per heavy atom. The maximum absolute atomic E-state index is 12.4. The summed E-state index contributed by atoms with van der Waals surface area (Å²) in [5.41, 5.74) is 0.106. The Balaban J connectivity index is 2.37. The van der Waals surface area contributed by atoms with Crippen LogP contribution in [0.5, 0.6) is 5.75 Å². The smallest absolute Gasteiger partial charge is 0.327 e. The SMILES string of the molecule is CC1SCC(C(=O)O)N1C(=O)c1cc(Br)ccc1O. The zero-order valence-electron chi connectivity index (χ0n) is 10.0. The molecular formula is C12H12BrNO4S. The molecule has 1 aliphatic heterocycles. The number of carboxylic acid groups (broad SMARTS) is 1. The molecule has 1 aliphatic rings. The van der Waals surface area contributed by atoms with E-state index in [4.69, 9.17) is 5.11 Å². The van der Waals surface area contributed by atoms with Crippen molar-refractivity contribution in [3.63, 3.8) is 0 Å². The number of hydrogen-bond acceptors (Lipinski definition) is 4. The first-order chi connectivity index (χ1) is 8.91. The number of phenols is 1. The number of phenolic OH excluding ortho intramolecular Hbond substituents is 1. The number of aliphatic carboxylic acids is 1. The van der Waals surface area contributed by atoms with E-state index in [1.165, 1.54) is 28.8 Å². The lowest BCUT2D eigenvalue weighted by atomic mass is 10.1. The van der Waals surface area contributed by atoms with Gasteiger partial charge in [-0.15, -0.1) is 11.8 Å². The molecule has 1 heterocycles. The number of halogens is 1. The normalized spacial score (nSPS) is 22.5. The Hall–Kier alpha value is -1.21. The van der Waals surface area contributed by atoms with E-state index in [-0.39, 0.29) is 16.7 Å². The highest BCUT2D eigenvalue weighted by Gasteiger charge is 2.40. The summed E-state index contributed by atoms with van der Waals surface area (Å²) >= 11 is 4.63. The third-order valence-corrected chi connectivity index (χ3v) is 4.64. The molecule has 1 amide bonds. The summed E-state index contributed by atoms with van der Waals surface area (Å²) in [6.07, 6.45) is 0. The molecule has 0 bridgehead atoms. The van der Waals surface area contributed by atoms with Crippen LogP contribution >= 0.6 is 27.7 Å². The third-order valence-electron chi connectivity index (χ3n) is 2.93. The Labute approximate surface area is 122 Å². The van der Waals surface area contributed by atoms with E-state index in [1.807, 2.05) is 0 Å². The van der Waals surface area contributed by atoms with E-state index >= 15 is 0 Å². The number of carbonyl (C=O) groups excluding carboxylic acids is 1. The van der Waals surface area contributed by atoms with Crippen molar-refractivity contribution in [1.82, 2.24) is 4.90 Å². The number of hydrogen-bond donors (Lipinski definition) is 2. The fourth-order valence-corrected chi connectivity index (χ4v) is 3.49. The molecule has 2 N–H and O–H groups in total. The van der Waals surface area contributed by atoms with Crippen molar-refractivity contribution in [1.29, 1.82) is 0 Å². The van der Waals surface area contributed by atoms with Crippen LogP contribution in [-0.2, 0) is 4.79 Å². The fourth-order valence-electron chi connectivity index (χ4n) is 1.96. The minimum absolute atomic E-state index is 0.106. The molecule has 0 radical (unpaired) electrons. The highest BCUT2D eigenvalue weighted by atomic mass is 79.9. The molecule has 2 atom stereocenters. The van der Waals surface area contributed by atoms with Gasteiger partial charge in [0.2, 0.25) is 0 Å². The second-order valence-corrected chi connectivity index (χ2v) is 6.43. The van der Waals surface area contributed by atoms with Gasteiger partial charge in [-0.25, -0.2) is 4.79 Å². The third kappa shape index (κ3) is 2.71. The molecule has 0 spiro atoms. The van der Waals surface area contributed by atoms with Gasteiger partial charge in [0.15, 0.2) is 0 Å². The van der Waals surface area contributed by atoms with Gasteiger partial charge in [0.05, 0.1) is 10.9 Å². The predicted octanol–water partition coefficient (Wildman–Crippen LogP) is 2.14. The van der Waals surface area contributed by atoms with Gasteiger partial charge < -0.3 is 15.1 Å². The fraction of sp³-hybridized carbons (Fsp3) is 0.333. The molecule has 1 fully saturated rings. The molecule has 0 aliphatic carbocycles. The van der Waals surface area contributed by atoms with Crippen LogP contribution in [-0.4, -0.2) is 44.2 Å². The van der Waals surface area contributed by atoms with Crippen molar-refractivity contribution in [2.45, 2.75) is 18.3 Å². The van der Waals surface area contributed by atoms with Crippen LogP contribution < -0.4 is 0 Å². The van der Waals surface area contributed by atoms with Crippen molar-refractivity contribution in [2.24, 2.45) is 0 Å². The Morgan fingerprint density at radius 2 is 2.16 bits per heavy atom. The first kappa shape index (κ1) is 14.2. The molecule has 7 heteroatoms. The summed E-state index contributed by atoms with van der Waals surface area (Å²) < 4.78 is 0.653. The highest BCUT2D eigenvalue weighted by molar-refractivity contribution is 9.10. The molecule has 0 saturated carbocycles. The van der Waals surface area contributed by atoms with Gasteiger partial charge in [0, 0.05) is 10.2 Å². The standard InChI is InChI=1S/C12H12BrNO4S/c1-6-14(9(5-19-6)12(17)18)11(16)8-4-7(13)2-3-10(8)15/h2-4,6,9,15H,5H2,1H3,(H,17,18). The van der Waals surface area contributed by atoms with Crippen molar-refractivity contribution in [2.75, 3.05) is 5.75 Å². The maximum atomic E-state index is 12.4. The monoisotopic (exact) mass is 345 g/mol. The number of carboxylic acids is 1. The minimum Gasteiger partial charge on any atom is -0.507 e. The van der Waals surface area contributed by atoms with Gasteiger partial charge in [-0.2, -0.15) is 0 Å². The predicted molar refractivity (Wildman–Crippen MR) is 75.3 cm³/mol. The van der Waals surface area contributed by atoms with Crippen LogP contribution in [0.3, 0.4) is 0 Å². The Kier molecular flexibility index (Phi) is 4.05. The molecule has 1 saturated heterocycles. The molecule has 5 nitrogen and oxygen atoms in total. The molecule has 2 unspecified atom stereocenters. The van der Waals surface area contributed by atoms with Gasteiger partial charge in [-0.3, -0.25) is 4.79 Å². The van der Waals surface area contributed by atoms with Crippen molar-refractivity contribution in [3.05, 3.63) is 28.2 Å². The van der Waals surface area contributed by atoms with Crippen LogP contribution in [0.2, 0.25) is 0 Å². The number of aromatic hydroxyl groups is 1. The Morgan fingerprint density at radius 3 is 2.79 bits per heavy atom. The van der Waals surface area contributed by atoms with Gasteiger partial charge in [0.25, 0.3) is 5.91 Å². The summed E-state index contributed by atoms with van der Waals surface area (Å²) in [7, 11) is 0. The van der Waals surface area contributed by atoms with Crippen molar-refractivity contribution >= 4 is 39.6 Å². The number of thioether (sulfide) groups is 1. The average Bonchev–Trinajstić information content (AvgIpc) is 2.73. The van der Waals surface area contributed by atoms with Crippen molar-refractivity contribution < 1.29 is 19.8 Å². The summed E-state index contributed by atoms with van der Waals surface area (Å²) in [5, 5.41) is 18.7. The van der Waals surface area contributed by atoms with Gasteiger partial charge in [-0.05, 0) is 25.1 Å². The average molecular weight is 346 g/mol. The van der Waals surface area contributed by atoms with Crippen LogP contribution in [0.4, 0.5) is 0 Å². The lowest BCUT2D eigenvalue weighted by Crippen LogP contribution is -2.44. The Bertz CT molecular complexity index is 536. The van der Waals surface area contributed by atoms with E-state index < -0.39 is 17.9 Å². The zero-order valence-corrected chi connectivity index (χ0v) is 12.4. The largest absolute Gasteiger partial charge is 0.507 e. The summed E-state index contributed by atoms with van der Waals surface area (Å²) in [6.45, 7) is 1.78. The maximum Gasteiger partial charge on any atom is 0.327 e. The van der Waals surface area contributed by atoms with Crippen LogP contribution in [0.15, 0.2) is 22.7 Å². The summed E-state index contributed by atoms with van der Waals surface area (Å²) in [4.78, 5) is 24.9. The first-order valence-electron chi connectivity index (χ1n) is 5.57. The number of benzene rings is 1. The number of rotatable bonds is 2. The second-order valence-electron chi connectivity index (χ2n) is 4.16. The van der Waals surface area contributed by atoms with Crippen LogP contribution in [0.25, 0.3) is 0 Å². The van der Waals surface area contributed by atoms with E-state index in [2.05, 4.69) is 15.9 Å². The molecular weight excluding hydrogens is 334 g/mol. The first-order valence-corrected chi connectivity index (χ1v) is 7.41. The van der Waals surface area contributed by atoms with E-state index in [0.29, 0.717) is 10.2 Å². The zero-order chi connectivity index (χ0) is 14.2. The van der Waals surface area contributed by atoms with Gasteiger partial charge in [-0.1, -0.05) is 15.9 Å². The molecule has 1 aromatic carbocycles. The van der Waals surface area contributed by atoms with E-state index in [0.717, 1.165) is 0 Å². The lowest BCUT2D eigenvalue weighted by Gasteiger charge is -2.25. The molecule has 102 valence electrons. The van der Waals surface area contributed by atoms with E-state index in [9.17, 15) is 14.7 Å². The number of nitrogens with zero attached hydrogens (tertiary/aromatic N) is 1. The number of carbonyl (C=O) groups is 2. The minimum atomic E-state index is -1.03. The summed E-state index contributed by atoms with van der Waals surface area (Å²) in [5.74, 6) is -1.29. The summed E-state index contributed by atoms with van der Waals surface area (Å²) in [6, 6.07) is 3.65. The van der Waals surface area contributed by atoms with Crippen LogP contribution in [0.1, 0.15) is 17.3 Å². The molecule has 19 heavy (non-hydrogen) atoms. The topological polar surface area (TPSA) is 77.8 Å². The molecule has 1 aromatic rings. The van der Waals surface area contributed by atoms with E-state index in [1.54, 1.807) is 13.0 Å². The molecule has 0 aromatic heterocycles. The van der Waals surface area contributed by atoms with Gasteiger partial charge >= 0.3 is 5.97 Å². The highest BCUT2D eigenvalue weighted by Crippen LogP contribution is 2.32. The van der Waals surface area contributed by atoms with Crippen molar-refractivity contribution in [3.8, 4) is 5.75 Å².